The van der Waals surface area contributed by atoms with Gasteiger partial charge < -0.3 is 9.80 Å². The third kappa shape index (κ3) is 6.76. The second kappa shape index (κ2) is 12.8. The molecule has 1 saturated heterocycles. The third-order valence-electron chi connectivity index (χ3n) is 8.26. The van der Waals surface area contributed by atoms with E-state index in [1.807, 2.05) is 0 Å². The summed E-state index contributed by atoms with van der Waals surface area (Å²) in [5, 5.41) is 3.16. The summed E-state index contributed by atoms with van der Waals surface area (Å²) in [5.41, 5.74) is 9.25. The van der Waals surface area contributed by atoms with Crippen molar-refractivity contribution < 1.29 is 9.28 Å². The summed E-state index contributed by atoms with van der Waals surface area (Å²) in [6.45, 7) is 9.39. The Bertz CT molecular complexity index is 1250. The fraction of sp³-hybridized carbons (Fsp3) is 0.382. The zero-order chi connectivity index (χ0) is 25.7. The molecule has 0 bridgehead atoms. The number of benzene rings is 3. The molecule has 0 atom stereocenters. The maximum Gasteiger partial charge on any atom is 0.251 e. The van der Waals surface area contributed by atoms with E-state index in [0.29, 0.717) is 0 Å². The number of likely N-dealkylation sites (tertiary alicyclic amines) is 1. The van der Waals surface area contributed by atoms with Crippen LogP contribution in [-0.2, 0) is 17.8 Å². The third-order valence-corrected chi connectivity index (χ3v) is 8.26. The highest BCUT2D eigenvalue weighted by molar-refractivity contribution is 6.07. The highest BCUT2D eigenvalue weighted by Gasteiger charge is 2.28. The molecule has 1 amide bonds. The fourth-order valence-electron chi connectivity index (χ4n) is 6.18. The lowest BCUT2D eigenvalue weighted by molar-refractivity contribution is -0.940. The van der Waals surface area contributed by atoms with Crippen molar-refractivity contribution >= 4 is 30.1 Å². The molecule has 2 aliphatic rings. The van der Waals surface area contributed by atoms with Crippen LogP contribution < -0.4 is 5.32 Å². The second-order valence-electron chi connectivity index (χ2n) is 11.2. The minimum atomic E-state index is 0. The Morgan fingerprint density at radius 1 is 0.842 bits per heavy atom. The van der Waals surface area contributed by atoms with Gasteiger partial charge in [-0.1, -0.05) is 61.0 Å². The first-order valence-electron chi connectivity index (χ1n) is 14.2. The average molecular weight is 530 g/mol. The maximum atomic E-state index is 13.2. The van der Waals surface area contributed by atoms with Crippen molar-refractivity contribution in [3.05, 3.63) is 94.6 Å². The van der Waals surface area contributed by atoms with Crippen LogP contribution in [0.2, 0.25) is 0 Å². The quantitative estimate of drug-likeness (QED) is 0.306. The van der Waals surface area contributed by atoms with Crippen LogP contribution in [0.5, 0.6) is 0 Å². The van der Waals surface area contributed by atoms with Crippen LogP contribution in [-0.4, -0.2) is 30.0 Å². The predicted molar refractivity (Wildman–Crippen MR) is 163 cm³/mol. The zero-order valence-corrected chi connectivity index (χ0v) is 23.8. The van der Waals surface area contributed by atoms with Gasteiger partial charge >= 0.3 is 0 Å². The molecule has 0 radical (unpaired) electrons. The Hall–Kier alpha value is -2.88. The second-order valence-corrected chi connectivity index (χ2v) is 11.2. The highest BCUT2D eigenvalue weighted by atomic mass is 35.5. The number of quaternary nitrogens is 1. The number of aryl methyl sites for hydroxylation is 2. The van der Waals surface area contributed by atoms with E-state index in [2.05, 4.69) is 92.0 Å². The van der Waals surface area contributed by atoms with Crippen molar-refractivity contribution in [2.45, 2.75) is 65.3 Å². The number of hydrogen-bond donors (Lipinski definition) is 1. The molecule has 1 fully saturated rings. The smallest absolute Gasteiger partial charge is 0.251 e. The van der Waals surface area contributed by atoms with Gasteiger partial charge in [-0.2, -0.15) is 0 Å². The van der Waals surface area contributed by atoms with Crippen molar-refractivity contribution in [1.82, 2.24) is 0 Å². The number of nitrogens with zero attached hydrogens (tertiary/aromatic N) is 1. The molecule has 5 rings (SSSR count). The lowest BCUT2D eigenvalue weighted by atomic mass is 9.89. The molecule has 3 aromatic carbocycles. The molecular formula is C34H42ClN2O+. The number of carbonyl (C=O) groups is 1. The first kappa shape index (κ1) is 28.1. The summed E-state index contributed by atoms with van der Waals surface area (Å²) in [6.07, 6.45) is 10.4. The number of halogens is 1. The Labute approximate surface area is 235 Å². The highest BCUT2D eigenvalue weighted by Crippen LogP contribution is 2.30. The minimum absolute atomic E-state index is 0. The Kier molecular flexibility index (Phi) is 9.46. The normalized spacial score (nSPS) is 16.4. The SMILES string of the molecule is CCC[N+]1(Cc2ccc(NC(=O)C3=Cc4cc(-c5ccc(C)cc5)ccc4CC3)cc2)CCCCCC1.Cl. The van der Waals surface area contributed by atoms with Gasteiger partial charge in [-0.05, 0) is 98.4 Å². The first-order valence-corrected chi connectivity index (χ1v) is 14.2. The van der Waals surface area contributed by atoms with Gasteiger partial charge in [0.1, 0.15) is 6.54 Å². The van der Waals surface area contributed by atoms with Crippen molar-refractivity contribution in [3.8, 4) is 11.1 Å². The molecule has 0 spiro atoms. The molecular weight excluding hydrogens is 488 g/mol. The van der Waals surface area contributed by atoms with E-state index in [-0.39, 0.29) is 18.3 Å². The van der Waals surface area contributed by atoms with E-state index < -0.39 is 0 Å². The van der Waals surface area contributed by atoms with Gasteiger partial charge in [0.2, 0.25) is 0 Å². The molecule has 1 heterocycles. The zero-order valence-electron chi connectivity index (χ0n) is 23.0. The van der Waals surface area contributed by atoms with Crippen molar-refractivity contribution in [1.29, 1.82) is 0 Å². The molecule has 0 unspecified atom stereocenters. The molecule has 3 nitrogen and oxygen atoms in total. The monoisotopic (exact) mass is 529 g/mol. The Balaban J connectivity index is 0.00000336. The summed E-state index contributed by atoms with van der Waals surface area (Å²) in [7, 11) is 0. The lowest BCUT2D eigenvalue weighted by Gasteiger charge is -2.38. The van der Waals surface area contributed by atoms with Crippen LogP contribution in [0, 0.1) is 6.92 Å². The maximum absolute atomic E-state index is 13.2. The van der Waals surface area contributed by atoms with Gasteiger partial charge in [-0.25, -0.2) is 0 Å². The standard InChI is InChI=1S/C34H40N2O.ClH/c1-3-20-36(21-6-4-5-7-22-36)25-27-10-18-33(19-11-27)35-34(37)31-17-15-29-14-16-30(23-32(29)24-31)28-12-8-26(2)9-13-28;/h8-14,16,18-19,23-24H,3-7,15,17,20-22,25H2,1-2H3;1H/p+1. The minimum Gasteiger partial charge on any atom is -0.322 e. The van der Waals surface area contributed by atoms with Crippen LogP contribution in [0.1, 0.15) is 67.7 Å². The predicted octanol–water partition coefficient (Wildman–Crippen LogP) is 8.35. The fourth-order valence-corrected chi connectivity index (χ4v) is 6.18. The molecule has 1 aliphatic carbocycles. The number of amides is 1. The van der Waals surface area contributed by atoms with Crippen LogP contribution in [0.25, 0.3) is 17.2 Å². The first-order chi connectivity index (χ1) is 18.0. The summed E-state index contributed by atoms with van der Waals surface area (Å²) < 4.78 is 1.22. The summed E-state index contributed by atoms with van der Waals surface area (Å²) >= 11 is 0. The number of rotatable bonds is 7. The van der Waals surface area contributed by atoms with Gasteiger partial charge in [0.15, 0.2) is 0 Å². The molecule has 0 saturated carbocycles. The summed E-state index contributed by atoms with van der Waals surface area (Å²) in [4.78, 5) is 13.2. The molecule has 3 aromatic rings. The van der Waals surface area contributed by atoms with Gasteiger partial charge in [-0.15, -0.1) is 12.4 Å². The summed E-state index contributed by atoms with van der Waals surface area (Å²) in [6, 6.07) is 23.9. The molecule has 38 heavy (non-hydrogen) atoms. The van der Waals surface area contributed by atoms with E-state index in [1.54, 1.807) is 0 Å². The Morgan fingerprint density at radius 2 is 1.53 bits per heavy atom. The summed E-state index contributed by atoms with van der Waals surface area (Å²) in [5.74, 6) is 0.0149. The van der Waals surface area contributed by atoms with Gasteiger partial charge in [0.25, 0.3) is 5.91 Å². The number of nitrogens with one attached hydrogen (secondary N) is 1. The molecule has 1 aliphatic heterocycles. The van der Waals surface area contributed by atoms with Crippen molar-refractivity contribution in [3.63, 3.8) is 0 Å². The molecule has 0 aromatic heterocycles. The largest absolute Gasteiger partial charge is 0.322 e. The van der Waals surface area contributed by atoms with E-state index in [9.17, 15) is 4.79 Å². The van der Waals surface area contributed by atoms with Crippen LogP contribution >= 0.6 is 12.4 Å². The van der Waals surface area contributed by atoms with Crippen LogP contribution in [0.15, 0.2) is 72.3 Å². The van der Waals surface area contributed by atoms with Gasteiger partial charge in [0.05, 0.1) is 19.6 Å². The number of hydrogen-bond acceptors (Lipinski definition) is 1. The molecule has 1 N–H and O–H groups in total. The van der Waals surface area contributed by atoms with Crippen LogP contribution in [0.3, 0.4) is 0 Å². The Morgan fingerprint density at radius 3 is 2.21 bits per heavy atom. The van der Waals surface area contributed by atoms with E-state index in [4.69, 9.17) is 0 Å². The van der Waals surface area contributed by atoms with Gasteiger partial charge in [-0.3, -0.25) is 4.79 Å². The number of fused-ring (bicyclic) bond motifs is 1. The lowest BCUT2D eigenvalue weighted by Crippen LogP contribution is -2.48. The molecule has 4 heteroatoms. The topological polar surface area (TPSA) is 29.1 Å². The van der Waals surface area contributed by atoms with Crippen molar-refractivity contribution in [2.75, 3.05) is 25.0 Å². The molecule has 200 valence electrons. The number of anilines is 1. The van der Waals surface area contributed by atoms with Crippen LogP contribution in [0.4, 0.5) is 5.69 Å². The van der Waals surface area contributed by atoms with Crippen molar-refractivity contribution in [2.24, 2.45) is 0 Å². The number of carbonyl (C=O) groups excluding carboxylic acids is 1. The average Bonchev–Trinajstić information content (AvgIpc) is 3.15. The van der Waals surface area contributed by atoms with E-state index in [0.717, 1.165) is 36.2 Å². The van der Waals surface area contributed by atoms with Gasteiger partial charge in [0, 0.05) is 16.8 Å². The van der Waals surface area contributed by atoms with E-state index in [1.165, 1.54) is 84.0 Å². The van der Waals surface area contributed by atoms with E-state index >= 15 is 0 Å².